The molecule has 1 rings (SSSR count). The summed E-state index contributed by atoms with van der Waals surface area (Å²) in [6.45, 7) is 2.67. The fourth-order valence-corrected chi connectivity index (χ4v) is 1.61. The van der Waals surface area contributed by atoms with Crippen molar-refractivity contribution < 1.29 is 18.0 Å². The van der Waals surface area contributed by atoms with E-state index in [1.165, 1.54) is 12.1 Å². The number of nitrogens with two attached hydrogens (primary N) is 1. The lowest BCUT2D eigenvalue weighted by atomic mass is 10.0. The summed E-state index contributed by atoms with van der Waals surface area (Å²) in [7, 11) is 0. The molecular weight excluding hydrogens is 305 g/mol. The Morgan fingerprint density at radius 1 is 1.24 bits per heavy atom. The zero-order valence-electron chi connectivity index (χ0n) is 11.8. The van der Waals surface area contributed by atoms with E-state index in [9.17, 15) is 13.2 Å². The van der Waals surface area contributed by atoms with Crippen LogP contribution in [0.3, 0.4) is 0 Å². The molecule has 0 aliphatic rings. The lowest BCUT2D eigenvalue weighted by Gasteiger charge is -2.09. The van der Waals surface area contributed by atoms with Crippen LogP contribution in [0, 0.1) is 0 Å². The molecule has 0 radical (unpaired) electrons. The monoisotopic (exact) mass is 324 g/mol. The number of halogens is 4. The van der Waals surface area contributed by atoms with Gasteiger partial charge in [-0.1, -0.05) is 30.6 Å². The summed E-state index contributed by atoms with van der Waals surface area (Å²) >= 11 is 0. The first-order chi connectivity index (χ1) is 9.49. The molecule has 0 aliphatic heterocycles. The third kappa shape index (κ3) is 6.82. The first-order valence-electron chi connectivity index (χ1n) is 6.55. The molecule has 7 heteroatoms. The Balaban J connectivity index is 0.00000400. The number of hydrogen-bond acceptors (Lipinski definition) is 3. The quantitative estimate of drug-likeness (QED) is 0.468. The van der Waals surface area contributed by atoms with E-state index in [-0.39, 0.29) is 19.0 Å². The Labute approximate surface area is 128 Å². The van der Waals surface area contributed by atoms with E-state index in [0.717, 1.165) is 25.0 Å². The van der Waals surface area contributed by atoms with Gasteiger partial charge >= 0.3 is 6.18 Å². The predicted octanol–water partition coefficient (Wildman–Crippen LogP) is 4.00. The maximum Gasteiger partial charge on any atom is 0.416 e. The molecule has 0 spiro atoms. The van der Waals surface area contributed by atoms with Crippen molar-refractivity contribution in [3.05, 3.63) is 35.4 Å². The SMILES string of the molecule is CCCC/C(=N\OCCN)c1ccc(C(F)(F)F)cc1.Cl. The maximum absolute atomic E-state index is 12.5. The fourth-order valence-electron chi connectivity index (χ4n) is 1.61. The summed E-state index contributed by atoms with van der Waals surface area (Å²) in [6.07, 6.45) is -1.80. The average Bonchev–Trinajstić information content (AvgIpc) is 2.42. The smallest absolute Gasteiger partial charge is 0.394 e. The van der Waals surface area contributed by atoms with Gasteiger partial charge in [-0.25, -0.2) is 0 Å². The van der Waals surface area contributed by atoms with Crippen LogP contribution in [-0.4, -0.2) is 18.9 Å². The van der Waals surface area contributed by atoms with Gasteiger partial charge in [0.2, 0.25) is 0 Å². The molecular formula is C14H20ClF3N2O. The van der Waals surface area contributed by atoms with E-state index in [1.54, 1.807) is 0 Å². The summed E-state index contributed by atoms with van der Waals surface area (Å²) in [6, 6.07) is 4.95. The Hall–Kier alpha value is -1.27. The number of alkyl halides is 3. The highest BCUT2D eigenvalue weighted by atomic mass is 35.5. The molecule has 21 heavy (non-hydrogen) atoms. The standard InChI is InChI=1S/C14H19F3N2O.ClH/c1-2-3-4-13(19-20-10-9-18)11-5-7-12(8-6-11)14(15,16)17;/h5-8H,2-4,9-10,18H2,1H3;1H/b19-13+;. The van der Waals surface area contributed by atoms with Crippen molar-refractivity contribution >= 4 is 18.1 Å². The molecule has 1 aromatic carbocycles. The lowest BCUT2D eigenvalue weighted by molar-refractivity contribution is -0.137. The van der Waals surface area contributed by atoms with Gasteiger partial charge in [0.25, 0.3) is 0 Å². The van der Waals surface area contributed by atoms with Crippen molar-refractivity contribution in [3.8, 4) is 0 Å². The van der Waals surface area contributed by atoms with Crippen LogP contribution >= 0.6 is 12.4 Å². The number of oxime groups is 1. The molecule has 0 saturated carbocycles. The second-order valence-electron chi connectivity index (χ2n) is 4.34. The molecule has 0 aromatic heterocycles. The minimum Gasteiger partial charge on any atom is -0.394 e. The summed E-state index contributed by atoms with van der Waals surface area (Å²) in [4.78, 5) is 5.03. The van der Waals surface area contributed by atoms with Crippen LogP contribution in [0.1, 0.15) is 37.3 Å². The first-order valence-corrected chi connectivity index (χ1v) is 6.55. The summed E-state index contributed by atoms with van der Waals surface area (Å²) in [5.41, 5.74) is 5.92. The molecule has 0 heterocycles. The highest BCUT2D eigenvalue weighted by Gasteiger charge is 2.30. The van der Waals surface area contributed by atoms with E-state index >= 15 is 0 Å². The van der Waals surface area contributed by atoms with Gasteiger partial charge < -0.3 is 10.6 Å². The zero-order chi connectivity index (χ0) is 15.0. The van der Waals surface area contributed by atoms with Crippen LogP contribution in [0.4, 0.5) is 13.2 Å². The molecule has 120 valence electrons. The molecule has 0 amide bonds. The number of nitrogens with zero attached hydrogens (tertiary/aromatic N) is 1. The topological polar surface area (TPSA) is 47.6 Å². The number of hydrogen-bond donors (Lipinski definition) is 1. The van der Waals surface area contributed by atoms with Gasteiger partial charge in [0.05, 0.1) is 11.3 Å². The predicted molar refractivity (Wildman–Crippen MR) is 79.8 cm³/mol. The normalized spacial score (nSPS) is 12.0. The van der Waals surface area contributed by atoms with Gasteiger partial charge in [-0.2, -0.15) is 13.2 Å². The molecule has 0 aliphatic carbocycles. The highest BCUT2D eigenvalue weighted by Crippen LogP contribution is 2.29. The average molecular weight is 325 g/mol. The minimum atomic E-state index is -4.32. The molecule has 0 saturated heterocycles. The maximum atomic E-state index is 12.5. The van der Waals surface area contributed by atoms with Crippen LogP contribution < -0.4 is 5.73 Å². The van der Waals surface area contributed by atoms with Gasteiger partial charge in [0.1, 0.15) is 6.61 Å². The van der Waals surface area contributed by atoms with E-state index < -0.39 is 11.7 Å². The lowest BCUT2D eigenvalue weighted by Crippen LogP contribution is -2.09. The largest absolute Gasteiger partial charge is 0.416 e. The Morgan fingerprint density at radius 2 is 1.86 bits per heavy atom. The molecule has 1 aromatic rings. The molecule has 0 fully saturated rings. The van der Waals surface area contributed by atoms with Crippen molar-refractivity contribution in [1.82, 2.24) is 0 Å². The van der Waals surface area contributed by atoms with Crippen LogP contribution in [0.5, 0.6) is 0 Å². The fraction of sp³-hybridized carbons (Fsp3) is 0.500. The minimum absolute atomic E-state index is 0. The third-order valence-electron chi connectivity index (χ3n) is 2.70. The number of benzene rings is 1. The van der Waals surface area contributed by atoms with Crippen molar-refractivity contribution in [2.75, 3.05) is 13.2 Å². The van der Waals surface area contributed by atoms with Gasteiger partial charge in [0, 0.05) is 6.54 Å². The molecule has 2 N–H and O–H groups in total. The van der Waals surface area contributed by atoms with E-state index in [2.05, 4.69) is 5.16 Å². The van der Waals surface area contributed by atoms with Gasteiger partial charge in [-0.3, -0.25) is 0 Å². The molecule has 3 nitrogen and oxygen atoms in total. The van der Waals surface area contributed by atoms with Crippen LogP contribution in [0.15, 0.2) is 29.4 Å². The highest BCUT2D eigenvalue weighted by molar-refractivity contribution is 6.00. The zero-order valence-corrected chi connectivity index (χ0v) is 12.6. The van der Waals surface area contributed by atoms with E-state index in [1.807, 2.05) is 6.92 Å². The van der Waals surface area contributed by atoms with E-state index in [4.69, 9.17) is 10.6 Å². The summed E-state index contributed by atoms with van der Waals surface area (Å²) < 4.78 is 37.5. The summed E-state index contributed by atoms with van der Waals surface area (Å²) in [5, 5.41) is 3.97. The number of unbranched alkanes of at least 4 members (excludes halogenated alkanes) is 1. The Kier molecular flexibility index (Phi) is 9.05. The Bertz CT molecular complexity index is 433. The van der Waals surface area contributed by atoms with Crippen LogP contribution in [-0.2, 0) is 11.0 Å². The molecule has 0 unspecified atom stereocenters. The van der Waals surface area contributed by atoms with Gasteiger partial charge in [-0.15, -0.1) is 12.4 Å². The summed E-state index contributed by atoms with van der Waals surface area (Å²) in [5.74, 6) is 0. The van der Waals surface area contributed by atoms with Gasteiger partial charge in [0.15, 0.2) is 0 Å². The second-order valence-corrected chi connectivity index (χ2v) is 4.34. The Morgan fingerprint density at radius 3 is 2.33 bits per heavy atom. The van der Waals surface area contributed by atoms with Crippen LogP contribution in [0.25, 0.3) is 0 Å². The van der Waals surface area contributed by atoms with Crippen LogP contribution in [0.2, 0.25) is 0 Å². The van der Waals surface area contributed by atoms with Crippen molar-refractivity contribution in [3.63, 3.8) is 0 Å². The number of rotatable bonds is 7. The van der Waals surface area contributed by atoms with Crippen molar-refractivity contribution in [2.24, 2.45) is 10.9 Å². The van der Waals surface area contributed by atoms with Gasteiger partial charge in [-0.05, 0) is 30.5 Å². The van der Waals surface area contributed by atoms with E-state index in [0.29, 0.717) is 24.2 Å². The second kappa shape index (κ2) is 9.63. The van der Waals surface area contributed by atoms with Crippen molar-refractivity contribution in [1.29, 1.82) is 0 Å². The first kappa shape index (κ1) is 19.7. The molecule has 0 atom stereocenters. The van der Waals surface area contributed by atoms with Crippen molar-refractivity contribution in [2.45, 2.75) is 32.4 Å². The molecule has 0 bridgehead atoms. The third-order valence-corrected chi connectivity index (χ3v) is 2.70.